The molecular formula is C8H9F3O5. The fraction of sp³-hybridized carbons (Fsp3) is 0.750. The lowest BCUT2D eigenvalue weighted by Crippen LogP contribution is -2.54. The van der Waals surface area contributed by atoms with E-state index in [1.807, 2.05) is 0 Å². The highest BCUT2D eigenvalue weighted by Gasteiger charge is 2.61. The first-order chi connectivity index (χ1) is 7.31. The van der Waals surface area contributed by atoms with Crippen molar-refractivity contribution < 1.29 is 37.0 Å². The maximum Gasteiger partial charge on any atom is 0.509 e. The van der Waals surface area contributed by atoms with E-state index in [1.165, 1.54) is 0 Å². The smallest absolute Gasteiger partial charge is 0.469 e. The van der Waals surface area contributed by atoms with Gasteiger partial charge in [0.15, 0.2) is 0 Å². The molecule has 1 aliphatic heterocycles. The number of esters is 1. The van der Waals surface area contributed by atoms with E-state index in [-0.39, 0.29) is 0 Å². The lowest BCUT2D eigenvalue weighted by molar-refractivity contribution is -0.281. The standard InChI is InChI=1S/C8H9F3O5/c1-14-5(12)4-7(8(9,10)11)2-3-15-6(13)16-7/h2-4H2,1H3. The Balaban J connectivity index is 2.92. The van der Waals surface area contributed by atoms with Crippen LogP contribution in [0.3, 0.4) is 0 Å². The molecule has 1 atom stereocenters. The summed E-state index contributed by atoms with van der Waals surface area (Å²) in [5.41, 5.74) is -2.84. The van der Waals surface area contributed by atoms with E-state index in [4.69, 9.17) is 0 Å². The molecule has 0 aromatic carbocycles. The van der Waals surface area contributed by atoms with Gasteiger partial charge in [-0.05, 0) is 0 Å². The van der Waals surface area contributed by atoms with Crippen molar-refractivity contribution in [1.82, 2.24) is 0 Å². The molecule has 8 heteroatoms. The number of methoxy groups -OCH3 is 1. The van der Waals surface area contributed by atoms with Gasteiger partial charge in [-0.3, -0.25) is 4.79 Å². The van der Waals surface area contributed by atoms with Crippen LogP contribution in [0.15, 0.2) is 0 Å². The zero-order valence-electron chi connectivity index (χ0n) is 8.30. The number of halogens is 3. The third kappa shape index (κ3) is 2.37. The topological polar surface area (TPSA) is 61.8 Å². The molecule has 0 aliphatic carbocycles. The number of carbonyl (C=O) groups is 2. The quantitative estimate of drug-likeness (QED) is 0.685. The van der Waals surface area contributed by atoms with Crippen molar-refractivity contribution in [2.75, 3.05) is 13.7 Å². The Kier molecular flexibility index (Phi) is 3.30. The van der Waals surface area contributed by atoms with Gasteiger partial charge in [0, 0.05) is 6.42 Å². The fourth-order valence-corrected chi connectivity index (χ4v) is 1.27. The van der Waals surface area contributed by atoms with Crippen LogP contribution in [-0.2, 0) is 19.0 Å². The predicted molar refractivity (Wildman–Crippen MR) is 42.5 cm³/mol. The molecule has 1 unspecified atom stereocenters. The molecule has 16 heavy (non-hydrogen) atoms. The van der Waals surface area contributed by atoms with Crippen molar-refractivity contribution in [3.05, 3.63) is 0 Å². The summed E-state index contributed by atoms with van der Waals surface area (Å²) in [5.74, 6) is -1.10. The van der Waals surface area contributed by atoms with E-state index in [0.717, 1.165) is 7.11 Å². The number of carbonyl (C=O) groups excluding carboxylic acids is 2. The van der Waals surface area contributed by atoms with Crippen LogP contribution in [0.5, 0.6) is 0 Å². The molecular weight excluding hydrogens is 233 g/mol. The van der Waals surface area contributed by atoms with Crippen LogP contribution in [0.25, 0.3) is 0 Å². The van der Waals surface area contributed by atoms with Crippen molar-refractivity contribution in [2.45, 2.75) is 24.6 Å². The molecule has 0 amide bonds. The van der Waals surface area contributed by atoms with Crippen LogP contribution in [0, 0.1) is 0 Å². The molecule has 1 fully saturated rings. The molecule has 0 bridgehead atoms. The van der Waals surface area contributed by atoms with Gasteiger partial charge in [0.2, 0.25) is 5.60 Å². The SMILES string of the molecule is COC(=O)CC1(C(F)(F)F)CCOC(=O)O1. The molecule has 0 aromatic heterocycles. The first-order valence-corrected chi connectivity index (χ1v) is 4.30. The first-order valence-electron chi connectivity index (χ1n) is 4.30. The second-order valence-corrected chi connectivity index (χ2v) is 3.20. The van der Waals surface area contributed by atoms with Crippen molar-refractivity contribution in [1.29, 1.82) is 0 Å². The van der Waals surface area contributed by atoms with Crippen molar-refractivity contribution >= 4 is 12.1 Å². The van der Waals surface area contributed by atoms with Crippen LogP contribution in [-0.4, -0.2) is 37.6 Å². The van der Waals surface area contributed by atoms with E-state index >= 15 is 0 Å². The molecule has 5 nitrogen and oxygen atoms in total. The molecule has 1 aliphatic rings. The van der Waals surface area contributed by atoms with Gasteiger partial charge in [0.25, 0.3) is 0 Å². The molecule has 0 N–H and O–H groups in total. The van der Waals surface area contributed by atoms with E-state index in [2.05, 4.69) is 14.2 Å². The van der Waals surface area contributed by atoms with Gasteiger partial charge < -0.3 is 14.2 Å². The summed E-state index contributed by atoms with van der Waals surface area (Å²) in [5, 5.41) is 0. The largest absolute Gasteiger partial charge is 0.509 e. The van der Waals surface area contributed by atoms with Gasteiger partial charge in [0.05, 0.1) is 20.1 Å². The Morgan fingerprint density at radius 3 is 2.62 bits per heavy atom. The molecule has 92 valence electrons. The van der Waals surface area contributed by atoms with Crippen molar-refractivity contribution in [3.8, 4) is 0 Å². The van der Waals surface area contributed by atoms with E-state index < -0.39 is 43.4 Å². The Labute approximate surface area is 88.4 Å². The van der Waals surface area contributed by atoms with Gasteiger partial charge >= 0.3 is 18.3 Å². The summed E-state index contributed by atoms with van der Waals surface area (Å²) < 4.78 is 50.7. The summed E-state index contributed by atoms with van der Waals surface area (Å²) in [4.78, 5) is 21.6. The Bertz CT molecular complexity index is 301. The van der Waals surface area contributed by atoms with E-state index in [9.17, 15) is 22.8 Å². The predicted octanol–water partition coefficient (Wildman–Crippen LogP) is 1.41. The number of hydrogen-bond acceptors (Lipinski definition) is 5. The maximum atomic E-state index is 12.7. The summed E-state index contributed by atoms with van der Waals surface area (Å²) >= 11 is 0. The van der Waals surface area contributed by atoms with Gasteiger partial charge in [0.1, 0.15) is 0 Å². The normalized spacial score (nSPS) is 25.6. The van der Waals surface area contributed by atoms with Crippen molar-refractivity contribution in [2.24, 2.45) is 0 Å². The fourth-order valence-electron chi connectivity index (χ4n) is 1.27. The van der Waals surface area contributed by atoms with Crippen LogP contribution in [0.2, 0.25) is 0 Å². The van der Waals surface area contributed by atoms with Gasteiger partial charge in [-0.2, -0.15) is 13.2 Å². The second-order valence-electron chi connectivity index (χ2n) is 3.20. The van der Waals surface area contributed by atoms with E-state index in [1.54, 1.807) is 0 Å². The van der Waals surface area contributed by atoms with Crippen LogP contribution >= 0.6 is 0 Å². The molecule has 0 aromatic rings. The third-order valence-electron chi connectivity index (χ3n) is 2.18. The zero-order valence-corrected chi connectivity index (χ0v) is 8.30. The number of rotatable bonds is 2. The lowest BCUT2D eigenvalue weighted by Gasteiger charge is -2.36. The highest BCUT2D eigenvalue weighted by atomic mass is 19.4. The monoisotopic (exact) mass is 242 g/mol. The van der Waals surface area contributed by atoms with Gasteiger partial charge in [-0.25, -0.2) is 4.79 Å². The van der Waals surface area contributed by atoms with Gasteiger partial charge in [-0.15, -0.1) is 0 Å². The van der Waals surface area contributed by atoms with Gasteiger partial charge in [-0.1, -0.05) is 0 Å². The van der Waals surface area contributed by atoms with Crippen LogP contribution in [0.1, 0.15) is 12.8 Å². The number of alkyl halides is 3. The summed E-state index contributed by atoms with van der Waals surface area (Å²) in [6.45, 7) is -0.449. The average Bonchev–Trinajstić information content (AvgIpc) is 2.15. The zero-order chi connectivity index (χ0) is 12.4. The minimum Gasteiger partial charge on any atom is -0.469 e. The Hall–Kier alpha value is -1.47. The second kappa shape index (κ2) is 4.18. The maximum absolute atomic E-state index is 12.7. The molecule has 1 rings (SSSR count). The van der Waals surface area contributed by atoms with Crippen LogP contribution < -0.4 is 0 Å². The minimum atomic E-state index is -4.85. The highest BCUT2D eigenvalue weighted by Crippen LogP contribution is 2.41. The average molecular weight is 242 g/mol. The summed E-state index contributed by atoms with van der Waals surface area (Å²) in [7, 11) is 0.952. The first kappa shape index (κ1) is 12.6. The Morgan fingerprint density at radius 2 is 2.19 bits per heavy atom. The number of ether oxygens (including phenoxy) is 3. The Morgan fingerprint density at radius 1 is 1.56 bits per heavy atom. The summed E-state index contributed by atoms with van der Waals surface area (Å²) in [6.07, 6.45) is -7.98. The lowest BCUT2D eigenvalue weighted by atomic mass is 9.94. The summed E-state index contributed by atoms with van der Waals surface area (Å²) in [6, 6.07) is 0. The van der Waals surface area contributed by atoms with E-state index in [0.29, 0.717) is 0 Å². The number of cyclic esters (lactones) is 2. The molecule has 1 heterocycles. The highest BCUT2D eigenvalue weighted by molar-refractivity contribution is 5.72. The minimum absolute atomic E-state index is 0.449. The van der Waals surface area contributed by atoms with Crippen LogP contribution in [0.4, 0.5) is 18.0 Å². The number of hydrogen-bond donors (Lipinski definition) is 0. The molecule has 0 spiro atoms. The third-order valence-corrected chi connectivity index (χ3v) is 2.18. The van der Waals surface area contributed by atoms with Crippen molar-refractivity contribution in [3.63, 3.8) is 0 Å². The molecule has 0 saturated carbocycles. The molecule has 1 saturated heterocycles. The molecule has 0 radical (unpaired) electrons.